The molecule has 8 nitrogen and oxygen atoms in total. The van der Waals surface area contributed by atoms with E-state index < -0.39 is 0 Å². The van der Waals surface area contributed by atoms with Crippen molar-refractivity contribution in [3.05, 3.63) is 53.3 Å². The summed E-state index contributed by atoms with van der Waals surface area (Å²) in [6.07, 6.45) is 3.84. The zero-order valence-corrected chi connectivity index (χ0v) is 17.3. The Balaban J connectivity index is 1.59. The van der Waals surface area contributed by atoms with Gasteiger partial charge in [0.05, 0.1) is 51.9 Å². The third-order valence-electron chi connectivity index (χ3n) is 4.32. The molecular formula is C21H32N4O4. The quantitative estimate of drug-likeness (QED) is 0.463. The van der Waals surface area contributed by atoms with E-state index in [2.05, 4.69) is 17.3 Å². The SMILES string of the molecule is Cc1cnn(C(C)c2ccc(C(=O)NCCOCCOCCOCCN)cc2)c1. The van der Waals surface area contributed by atoms with Gasteiger partial charge in [-0.25, -0.2) is 0 Å². The van der Waals surface area contributed by atoms with Crippen molar-refractivity contribution in [2.75, 3.05) is 52.7 Å². The number of nitrogens with zero attached hydrogens (tertiary/aromatic N) is 2. The number of carbonyl (C=O) groups excluding carboxylic acids is 1. The van der Waals surface area contributed by atoms with E-state index in [9.17, 15) is 4.79 Å². The number of nitrogens with one attached hydrogen (secondary N) is 1. The summed E-state index contributed by atoms with van der Waals surface area (Å²) >= 11 is 0. The fourth-order valence-corrected chi connectivity index (χ4v) is 2.67. The molecule has 29 heavy (non-hydrogen) atoms. The molecule has 0 aliphatic rings. The number of hydrogen-bond acceptors (Lipinski definition) is 6. The molecule has 1 unspecified atom stereocenters. The molecule has 2 aromatic rings. The molecule has 1 aromatic heterocycles. The lowest BCUT2D eigenvalue weighted by Gasteiger charge is -2.13. The summed E-state index contributed by atoms with van der Waals surface area (Å²) < 4.78 is 17.9. The molecule has 1 heterocycles. The van der Waals surface area contributed by atoms with Crippen LogP contribution in [-0.4, -0.2) is 68.4 Å². The minimum absolute atomic E-state index is 0.114. The van der Waals surface area contributed by atoms with E-state index in [0.29, 0.717) is 58.3 Å². The van der Waals surface area contributed by atoms with Crippen molar-refractivity contribution in [1.29, 1.82) is 0 Å². The molecule has 0 saturated carbocycles. The van der Waals surface area contributed by atoms with Gasteiger partial charge >= 0.3 is 0 Å². The summed E-state index contributed by atoms with van der Waals surface area (Å²) in [4.78, 5) is 12.2. The molecule has 0 saturated heterocycles. The smallest absolute Gasteiger partial charge is 0.251 e. The van der Waals surface area contributed by atoms with E-state index in [1.165, 1.54) is 0 Å². The zero-order chi connectivity index (χ0) is 20.9. The Bertz CT molecular complexity index is 718. The molecule has 1 aromatic carbocycles. The summed E-state index contributed by atoms with van der Waals surface area (Å²) in [5, 5.41) is 7.20. The molecule has 0 bridgehead atoms. The van der Waals surface area contributed by atoms with E-state index in [4.69, 9.17) is 19.9 Å². The Morgan fingerprint density at radius 2 is 1.69 bits per heavy atom. The monoisotopic (exact) mass is 404 g/mol. The molecule has 1 atom stereocenters. The van der Waals surface area contributed by atoms with Crippen molar-refractivity contribution in [1.82, 2.24) is 15.1 Å². The van der Waals surface area contributed by atoms with Crippen molar-refractivity contribution in [2.24, 2.45) is 5.73 Å². The fourth-order valence-electron chi connectivity index (χ4n) is 2.67. The number of benzene rings is 1. The van der Waals surface area contributed by atoms with E-state index in [-0.39, 0.29) is 11.9 Å². The van der Waals surface area contributed by atoms with Crippen LogP contribution in [0.15, 0.2) is 36.7 Å². The highest BCUT2D eigenvalue weighted by atomic mass is 16.5. The number of ether oxygens (including phenoxy) is 3. The molecule has 0 aliphatic heterocycles. The van der Waals surface area contributed by atoms with Crippen LogP contribution in [0, 0.1) is 6.92 Å². The lowest BCUT2D eigenvalue weighted by Crippen LogP contribution is -2.27. The number of aryl methyl sites for hydroxylation is 1. The van der Waals surface area contributed by atoms with Gasteiger partial charge in [0.2, 0.25) is 0 Å². The Hall–Kier alpha value is -2.26. The first-order chi connectivity index (χ1) is 14.1. The van der Waals surface area contributed by atoms with Crippen LogP contribution >= 0.6 is 0 Å². The molecule has 0 spiro atoms. The average Bonchev–Trinajstić information content (AvgIpc) is 3.17. The number of hydrogen-bond donors (Lipinski definition) is 2. The van der Waals surface area contributed by atoms with Crippen molar-refractivity contribution in [3.63, 3.8) is 0 Å². The second kappa shape index (κ2) is 13.1. The van der Waals surface area contributed by atoms with Crippen molar-refractivity contribution in [3.8, 4) is 0 Å². The Morgan fingerprint density at radius 3 is 2.28 bits per heavy atom. The summed E-state index contributed by atoms with van der Waals surface area (Å²) in [7, 11) is 0. The van der Waals surface area contributed by atoms with Gasteiger partial charge in [-0.05, 0) is 37.1 Å². The number of aromatic nitrogens is 2. The Labute approximate surface area is 172 Å². The van der Waals surface area contributed by atoms with Crippen molar-refractivity contribution >= 4 is 5.91 Å². The highest BCUT2D eigenvalue weighted by Gasteiger charge is 2.10. The van der Waals surface area contributed by atoms with Crippen LogP contribution in [0.5, 0.6) is 0 Å². The molecule has 2 rings (SSSR count). The lowest BCUT2D eigenvalue weighted by atomic mass is 10.1. The largest absolute Gasteiger partial charge is 0.378 e. The van der Waals surface area contributed by atoms with Crippen molar-refractivity contribution in [2.45, 2.75) is 19.9 Å². The van der Waals surface area contributed by atoms with E-state index in [1.54, 1.807) is 0 Å². The number of carbonyl (C=O) groups is 1. The van der Waals surface area contributed by atoms with Crippen LogP contribution < -0.4 is 11.1 Å². The van der Waals surface area contributed by atoms with Crippen LogP contribution in [0.4, 0.5) is 0 Å². The maximum absolute atomic E-state index is 12.2. The first-order valence-corrected chi connectivity index (χ1v) is 9.94. The van der Waals surface area contributed by atoms with Crippen LogP contribution in [-0.2, 0) is 14.2 Å². The van der Waals surface area contributed by atoms with E-state index >= 15 is 0 Å². The zero-order valence-electron chi connectivity index (χ0n) is 17.3. The number of amides is 1. The second-order valence-corrected chi connectivity index (χ2v) is 6.68. The molecule has 160 valence electrons. The van der Waals surface area contributed by atoms with Gasteiger partial charge in [-0.3, -0.25) is 9.48 Å². The third kappa shape index (κ3) is 8.33. The van der Waals surface area contributed by atoms with Gasteiger partial charge < -0.3 is 25.3 Å². The van der Waals surface area contributed by atoms with Gasteiger partial charge in [0.1, 0.15) is 0 Å². The van der Waals surface area contributed by atoms with E-state index in [1.807, 2.05) is 48.3 Å². The maximum atomic E-state index is 12.2. The highest BCUT2D eigenvalue weighted by Crippen LogP contribution is 2.18. The van der Waals surface area contributed by atoms with Gasteiger partial charge in [-0.2, -0.15) is 5.10 Å². The Morgan fingerprint density at radius 1 is 1.07 bits per heavy atom. The minimum atomic E-state index is -0.115. The fraction of sp³-hybridized carbons (Fsp3) is 0.524. The number of nitrogens with two attached hydrogens (primary N) is 1. The maximum Gasteiger partial charge on any atom is 0.251 e. The molecule has 3 N–H and O–H groups in total. The predicted octanol–water partition coefficient (Wildman–Crippen LogP) is 1.54. The van der Waals surface area contributed by atoms with Crippen LogP contribution in [0.25, 0.3) is 0 Å². The second-order valence-electron chi connectivity index (χ2n) is 6.68. The molecular weight excluding hydrogens is 372 g/mol. The Kier molecular flexibility index (Phi) is 10.4. The number of rotatable bonds is 14. The normalized spacial score (nSPS) is 12.1. The molecule has 0 fully saturated rings. The van der Waals surface area contributed by atoms with Crippen LogP contribution in [0.2, 0.25) is 0 Å². The third-order valence-corrected chi connectivity index (χ3v) is 4.32. The summed E-state index contributed by atoms with van der Waals surface area (Å²) in [6.45, 7) is 8.07. The topological polar surface area (TPSA) is 101 Å². The summed E-state index contributed by atoms with van der Waals surface area (Å²) in [5.41, 5.74) is 8.16. The highest BCUT2D eigenvalue weighted by molar-refractivity contribution is 5.94. The van der Waals surface area contributed by atoms with Crippen molar-refractivity contribution < 1.29 is 19.0 Å². The van der Waals surface area contributed by atoms with E-state index in [0.717, 1.165) is 11.1 Å². The summed E-state index contributed by atoms with van der Waals surface area (Å²) in [5.74, 6) is -0.115. The standard InChI is InChI=1S/C21H32N4O4/c1-17-15-24-25(16-17)18(2)19-3-5-20(6-4-19)21(26)23-8-10-28-12-14-29-13-11-27-9-7-22/h3-6,15-16,18H,7-14,22H2,1-2H3,(H,23,26). The van der Waals surface area contributed by atoms with Crippen LogP contribution in [0.3, 0.4) is 0 Å². The van der Waals surface area contributed by atoms with Gasteiger partial charge in [-0.1, -0.05) is 12.1 Å². The molecule has 8 heteroatoms. The van der Waals surface area contributed by atoms with Gasteiger partial charge in [0.25, 0.3) is 5.91 Å². The van der Waals surface area contributed by atoms with Gasteiger partial charge in [0, 0.05) is 24.8 Å². The minimum Gasteiger partial charge on any atom is -0.378 e. The molecule has 1 amide bonds. The summed E-state index contributed by atoms with van der Waals surface area (Å²) in [6, 6.07) is 7.70. The lowest BCUT2D eigenvalue weighted by molar-refractivity contribution is 0.0166. The van der Waals surface area contributed by atoms with Crippen LogP contribution in [0.1, 0.15) is 34.5 Å². The van der Waals surface area contributed by atoms with Gasteiger partial charge in [0.15, 0.2) is 0 Å². The first-order valence-electron chi connectivity index (χ1n) is 9.94. The van der Waals surface area contributed by atoms with Gasteiger partial charge in [-0.15, -0.1) is 0 Å². The first kappa shape index (κ1) is 23.0. The predicted molar refractivity (Wildman–Crippen MR) is 111 cm³/mol. The molecule has 0 aliphatic carbocycles. The average molecular weight is 405 g/mol. The molecule has 0 radical (unpaired) electrons.